The number of ether oxygens (including phenoxy) is 1. The van der Waals surface area contributed by atoms with E-state index in [1.165, 1.54) is 0 Å². The molecule has 2 nitrogen and oxygen atoms in total. The molecule has 104 valence electrons. The minimum atomic E-state index is -0.473. The van der Waals surface area contributed by atoms with Crippen LogP contribution in [-0.4, -0.2) is 12.2 Å². The second kappa shape index (κ2) is 5.28. The lowest BCUT2D eigenvalue weighted by atomic mass is 9.92. The van der Waals surface area contributed by atoms with E-state index in [2.05, 4.69) is 0 Å². The smallest absolute Gasteiger partial charge is 0.123 e. The summed E-state index contributed by atoms with van der Waals surface area (Å²) in [6, 6.07) is 11.4. The molecule has 20 heavy (non-hydrogen) atoms. The molecule has 0 bridgehead atoms. The molecule has 4 heteroatoms. The van der Waals surface area contributed by atoms with Crippen molar-refractivity contribution < 1.29 is 9.84 Å². The molecule has 3 rings (SSSR count). The van der Waals surface area contributed by atoms with E-state index >= 15 is 0 Å². The summed E-state index contributed by atoms with van der Waals surface area (Å²) >= 11 is 12.1. The third-order valence-corrected chi connectivity index (χ3v) is 4.57. The monoisotopic (exact) mass is 308 g/mol. The van der Waals surface area contributed by atoms with Gasteiger partial charge in [-0.15, -0.1) is 0 Å². The number of rotatable bonds is 2. The highest BCUT2D eigenvalue weighted by molar-refractivity contribution is 6.42. The highest BCUT2D eigenvalue weighted by Gasteiger charge is 2.33. The molecule has 0 radical (unpaired) electrons. The Labute approximate surface area is 127 Å². The molecule has 2 aromatic rings. The van der Waals surface area contributed by atoms with Crippen LogP contribution < -0.4 is 4.74 Å². The van der Waals surface area contributed by atoms with Crippen molar-refractivity contribution in [1.29, 1.82) is 0 Å². The Bertz CT molecular complexity index is 655. The Morgan fingerprint density at radius 2 is 1.95 bits per heavy atom. The van der Waals surface area contributed by atoms with Crippen LogP contribution in [0, 0.1) is 0 Å². The fourth-order valence-electron chi connectivity index (χ4n) is 2.90. The molecule has 2 aromatic carbocycles. The molecule has 1 aliphatic carbocycles. The molecular weight excluding hydrogens is 295 g/mol. The minimum absolute atomic E-state index is 0.0749. The number of hydrogen-bond acceptors (Lipinski definition) is 2. The lowest BCUT2D eigenvalue weighted by Crippen LogP contribution is -1.99. The molecular formula is C16H14Cl2O2. The van der Waals surface area contributed by atoms with Gasteiger partial charge in [0.15, 0.2) is 0 Å². The third kappa shape index (κ3) is 2.18. The van der Waals surface area contributed by atoms with E-state index in [1.54, 1.807) is 13.2 Å². The number of hydrogen-bond donors (Lipinski definition) is 1. The summed E-state index contributed by atoms with van der Waals surface area (Å²) in [5.74, 6) is 0.876. The molecule has 0 spiro atoms. The van der Waals surface area contributed by atoms with Crippen molar-refractivity contribution in [3.8, 4) is 5.75 Å². The Kier molecular flexibility index (Phi) is 3.63. The number of aliphatic hydroxyl groups is 1. The van der Waals surface area contributed by atoms with Crippen LogP contribution >= 0.6 is 23.2 Å². The van der Waals surface area contributed by atoms with Crippen LogP contribution in [0.2, 0.25) is 10.0 Å². The van der Waals surface area contributed by atoms with Crippen LogP contribution in [0.25, 0.3) is 0 Å². The fraction of sp³-hybridized carbons (Fsp3) is 0.250. The van der Waals surface area contributed by atoms with E-state index in [4.69, 9.17) is 27.9 Å². The maximum absolute atomic E-state index is 10.2. The molecule has 0 unspecified atom stereocenters. The molecule has 0 amide bonds. The van der Waals surface area contributed by atoms with E-state index in [0.29, 0.717) is 16.5 Å². The van der Waals surface area contributed by atoms with Crippen molar-refractivity contribution in [2.45, 2.75) is 18.4 Å². The second-order valence-corrected chi connectivity index (χ2v) is 5.76. The Morgan fingerprint density at radius 1 is 1.15 bits per heavy atom. The first-order valence-electron chi connectivity index (χ1n) is 6.41. The van der Waals surface area contributed by atoms with Crippen molar-refractivity contribution in [3.05, 3.63) is 63.1 Å². The van der Waals surface area contributed by atoms with Crippen molar-refractivity contribution in [3.63, 3.8) is 0 Å². The minimum Gasteiger partial charge on any atom is -0.496 e. The average Bonchev–Trinajstić information content (AvgIpc) is 2.79. The zero-order valence-corrected chi connectivity index (χ0v) is 12.4. The largest absolute Gasteiger partial charge is 0.496 e. The van der Waals surface area contributed by atoms with Gasteiger partial charge in [-0.25, -0.2) is 0 Å². The van der Waals surface area contributed by atoms with Crippen LogP contribution in [0.4, 0.5) is 0 Å². The van der Waals surface area contributed by atoms with Crippen LogP contribution in [-0.2, 0) is 0 Å². The summed E-state index contributed by atoms with van der Waals surface area (Å²) < 4.78 is 5.44. The maximum Gasteiger partial charge on any atom is 0.123 e. The van der Waals surface area contributed by atoms with Crippen molar-refractivity contribution in [2.24, 2.45) is 0 Å². The van der Waals surface area contributed by atoms with Gasteiger partial charge in [0.25, 0.3) is 0 Å². The molecule has 0 fully saturated rings. The van der Waals surface area contributed by atoms with E-state index in [9.17, 15) is 5.11 Å². The lowest BCUT2D eigenvalue weighted by molar-refractivity contribution is 0.176. The maximum atomic E-state index is 10.2. The van der Waals surface area contributed by atoms with Gasteiger partial charge in [-0.1, -0.05) is 41.4 Å². The zero-order chi connectivity index (χ0) is 14.3. The van der Waals surface area contributed by atoms with Crippen LogP contribution in [0.15, 0.2) is 36.4 Å². The van der Waals surface area contributed by atoms with Gasteiger partial charge in [0.05, 0.1) is 23.3 Å². The highest BCUT2D eigenvalue weighted by atomic mass is 35.5. The van der Waals surface area contributed by atoms with Gasteiger partial charge >= 0.3 is 0 Å². The molecule has 2 atom stereocenters. The van der Waals surface area contributed by atoms with E-state index in [0.717, 1.165) is 22.4 Å². The average molecular weight is 309 g/mol. The van der Waals surface area contributed by atoms with Gasteiger partial charge in [-0.3, -0.25) is 0 Å². The topological polar surface area (TPSA) is 29.5 Å². The van der Waals surface area contributed by atoms with Gasteiger partial charge in [-0.05, 0) is 35.7 Å². The Hall–Kier alpha value is -1.22. The quantitative estimate of drug-likeness (QED) is 0.880. The molecule has 0 aliphatic heterocycles. The van der Waals surface area contributed by atoms with Crippen LogP contribution in [0.5, 0.6) is 5.75 Å². The predicted octanol–water partition coefficient (Wildman–Crippen LogP) is 4.57. The molecule has 0 heterocycles. The summed E-state index contributed by atoms with van der Waals surface area (Å²) in [5, 5.41) is 11.3. The van der Waals surface area contributed by atoms with Crippen molar-refractivity contribution >= 4 is 23.2 Å². The highest BCUT2D eigenvalue weighted by Crippen LogP contribution is 2.48. The number of halogens is 2. The van der Waals surface area contributed by atoms with Gasteiger partial charge in [-0.2, -0.15) is 0 Å². The predicted molar refractivity (Wildman–Crippen MR) is 80.9 cm³/mol. The van der Waals surface area contributed by atoms with Crippen LogP contribution in [0.1, 0.15) is 35.1 Å². The van der Waals surface area contributed by atoms with Crippen molar-refractivity contribution in [2.75, 3.05) is 7.11 Å². The summed E-state index contributed by atoms with van der Waals surface area (Å²) in [6.07, 6.45) is 0.160. The van der Waals surface area contributed by atoms with Crippen molar-refractivity contribution in [1.82, 2.24) is 0 Å². The molecule has 1 N–H and O–H groups in total. The summed E-state index contributed by atoms with van der Waals surface area (Å²) in [5.41, 5.74) is 3.02. The molecule has 0 saturated carbocycles. The van der Waals surface area contributed by atoms with Gasteiger partial charge in [0.1, 0.15) is 5.75 Å². The number of methoxy groups -OCH3 is 1. The lowest BCUT2D eigenvalue weighted by Gasteiger charge is -2.15. The van der Waals surface area contributed by atoms with Gasteiger partial charge in [0, 0.05) is 11.5 Å². The number of aliphatic hydroxyl groups excluding tert-OH is 1. The fourth-order valence-corrected chi connectivity index (χ4v) is 3.21. The summed E-state index contributed by atoms with van der Waals surface area (Å²) in [6.45, 7) is 0. The zero-order valence-electron chi connectivity index (χ0n) is 10.9. The van der Waals surface area contributed by atoms with E-state index in [-0.39, 0.29) is 5.92 Å². The molecule has 0 saturated heterocycles. The number of benzene rings is 2. The summed E-state index contributed by atoms with van der Waals surface area (Å²) in [4.78, 5) is 0. The number of fused-ring (bicyclic) bond motifs is 1. The SMILES string of the molecule is COc1cccc2c1[C@H](c1ccc(Cl)c(Cl)c1)C[C@@H]2O. The normalized spacial score (nSPS) is 20.8. The molecule has 0 aromatic heterocycles. The van der Waals surface area contributed by atoms with Gasteiger partial charge in [0.2, 0.25) is 0 Å². The summed E-state index contributed by atoms with van der Waals surface area (Å²) in [7, 11) is 1.65. The first-order valence-corrected chi connectivity index (χ1v) is 7.17. The second-order valence-electron chi connectivity index (χ2n) is 4.94. The first-order chi connectivity index (χ1) is 9.61. The third-order valence-electron chi connectivity index (χ3n) is 3.83. The van der Waals surface area contributed by atoms with Gasteiger partial charge < -0.3 is 9.84 Å². The van der Waals surface area contributed by atoms with E-state index < -0.39 is 6.10 Å². The Balaban J connectivity index is 2.12. The Morgan fingerprint density at radius 3 is 2.65 bits per heavy atom. The standard InChI is InChI=1S/C16H14Cl2O2/c1-20-15-4-2-3-10-14(19)8-11(16(10)15)9-5-6-12(17)13(18)7-9/h2-7,11,14,19H,8H2,1H3/t11-,14-/m0/s1. The van der Waals surface area contributed by atoms with E-state index in [1.807, 2.05) is 30.3 Å². The first kappa shape index (κ1) is 13.7. The van der Waals surface area contributed by atoms with Crippen LogP contribution in [0.3, 0.4) is 0 Å². The molecule has 1 aliphatic rings.